The normalized spacial score (nSPS) is 19.3. The van der Waals surface area contributed by atoms with E-state index >= 15 is 0 Å². The van der Waals surface area contributed by atoms with Crippen LogP contribution in [0.2, 0.25) is 0 Å². The molecule has 2 N–H and O–H groups in total. The highest BCUT2D eigenvalue weighted by Crippen LogP contribution is 2.23. The Labute approximate surface area is 182 Å². The summed E-state index contributed by atoms with van der Waals surface area (Å²) in [6, 6.07) is 9.58. The number of carbonyl (C=O) groups is 2. The molecular formula is C22H30N6O3. The maximum absolute atomic E-state index is 12.2. The summed E-state index contributed by atoms with van der Waals surface area (Å²) in [6.45, 7) is 5.32. The molecule has 2 aromatic rings. The number of imide groups is 1. The summed E-state index contributed by atoms with van der Waals surface area (Å²) >= 11 is 0. The molecular weight excluding hydrogens is 396 g/mol. The van der Waals surface area contributed by atoms with Gasteiger partial charge in [0.05, 0.1) is 12.6 Å². The van der Waals surface area contributed by atoms with Gasteiger partial charge in [-0.25, -0.2) is 4.79 Å². The summed E-state index contributed by atoms with van der Waals surface area (Å²) in [7, 11) is 0. The molecule has 0 radical (unpaired) electrons. The highest BCUT2D eigenvalue weighted by atomic mass is 16.5. The van der Waals surface area contributed by atoms with E-state index in [0.29, 0.717) is 11.7 Å². The molecule has 4 rings (SSSR count). The van der Waals surface area contributed by atoms with Crippen molar-refractivity contribution in [3.05, 3.63) is 36.2 Å². The van der Waals surface area contributed by atoms with E-state index in [1.807, 2.05) is 30.3 Å². The lowest BCUT2D eigenvalue weighted by molar-refractivity contribution is -0.121. The zero-order valence-electron chi connectivity index (χ0n) is 17.9. The third-order valence-corrected chi connectivity index (χ3v) is 6.10. The van der Waals surface area contributed by atoms with E-state index < -0.39 is 0 Å². The van der Waals surface area contributed by atoms with Crippen molar-refractivity contribution in [3.8, 4) is 11.4 Å². The molecule has 1 unspecified atom stereocenters. The van der Waals surface area contributed by atoms with E-state index in [9.17, 15) is 9.59 Å². The number of piperazine rings is 1. The van der Waals surface area contributed by atoms with Crippen molar-refractivity contribution in [2.24, 2.45) is 0 Å². The third-order valence-electron chi connectivity index (χ3n) is 6.10. The average Bonchev–Trinajstić information content (AvgIpc) is 3.46. The van der Waals surface area contributed by atoms with Crippen molar-refractivity contribution in [3.63, 3.8) is 0 Å². The Hall–Kier alpha value is -2.78. The smallest absolute Gasteiger partial charge is 0.321 e. The number of nitrogens with zero attached hydrogens (tertiary/aromatic N) is 4. The molecule has 1 saturated carbocycles. The lowest BCUT2D eigenvalue weighted by atomic mass is 10.2. The van der Waals surface area contributed by atoms with Gasteiger partial charge >= 0.3 is 6.03 Å². The van der Waals surface area contributed by atoms with E-state index in [4.69, 9.17) is 4.52 Å². The predicted molar refractivity (Wildman–Crippen MR) is 115 cm³/mol. The Balaban J connectivity index is 1.21. The summed E-state index contributed by atoms with van der Waals surface area (Å²) in [4.78, 5) is 33.1. The molecule has 2 fully saturated rings. The van der Waals surface area contributed by atoms with Gasteiger partial charge in [0, 0.05) is 37.8 Å². The first-order valence-corrected chi connectivity index (χ1v) is 11.0. The average molecular weight is 427 g/mol. The van der Waals surface area contributed by atoms with Crippen LogP contribution in [0.25, 0.3) is 11.4 Å². The second-order valence-electron chi connectivity index (χ2n) is 8.31. The lowest BCUT2D eigenvalue weighted by Crippen LogP contribution is -2.52. The van der Waals surface area contributed by atoms with Crippen LogP contribution < -0.4 is 10.6 Å². The Morgan fingerprint density at radius 3 is 2.55 bits per heavy atom. The SMILES string of the molecule is CC(c1nc(-c2ccccc2)no1)N1CCN(CC(=O)NC(=O)NC2CCCC2)CC1. The molecule has 166 valence electrons. The van der Waals surface area contributed by atoms with Gasteiger partial charge in [0.2, 0.25) is 17.6 Å². The van der Waals surface area contributed by atoms with E-state index in [1.165, 1.54) is 0 Å². The van der Waals surface area contributed by atoms with E-state index in [-0.39, 0.29) is 30.6 Å². The number of amides is 3. The van der Waals surface area contributed by atoms with Gasteiger partial charge in [-0.2, -0.15) is 4.98 Å². The monoisotopic (exact) mass is 426 g/mol. The minimum absolute atomic E-state index is 0.00173. The van der Waals surface area contributed by atoms with Crippen LogP contribution in [0.1, 0.15) is 44.5 Å². The van der Waals surface area contributed by atoms with Crippen LogP contribution in [0.4, 0.5) is 4.79 Å². The van der Waals surface area contributed by atoms with E-state index in [1.54, 1.807) is 0 Å². The van der Waals surface area contributed by atoms with E-state index in [0.717, 1.165) is 57.4 Å². The molecule has 31 heavy (non-hydrogen) atoms. The zero-order chi connectivity index (χ0) is 21.6. The Morgan fingerprint density at radius 1 is 1.13 bits per heavy atom. The highest BCUT2D eigenvalue weighted by Gasteiger charge is 2.27. The van der Waals surface area contributed by atoms with Gasteiger partial charge in [-0.1, -0.05) is 48.3 Å². The summed E-state index contributed by atoms with van der Waals surface area (Å²) in [5, 5.41) is 9.44. The lowest BCUT2D eigenvalue weighted by Gasteiger charge is -2.36. The number of rotatable bonds is 6. The second-order valence-corrected chi connectivity index (χ2v) is 8.31. The van der Waals surface area contributed by atoms with Crippen LogP contribution in [-0.4, -0.2) is 70.6 Å². The van der Waals surface area contributed by atoms with Crippen LogP contribution in [-0.2, 0) is 4.79 Å². The minimum Gasteiger partial charge on any atom is -0.337 e. The molecule has 1 aliphatic carbocycles. The molecule has 9 heteroatoms. The number of nitrogens with one attached hydrogen (secondary N) is 2. The number of carbonyl (C=O) groups excluding carboxylic acids is 2. The Bertz CT molecular complexity index is 872. The quantitative estimate of drug-likeness (QED) is 0.730. The maximum atomic E-state index is 12.2. The fraction of sp³-hybridized carbons (Fsp3) is 0.545. The second kappa shape index (κ2) is 10.0. The van der Waals surface area contributed by atoms with Crippen molar-refractivity contribution in [2.45, 2.75) is 44.7 Å². The standard InChI is InChI=1S/C22H30N6O3/c1-16(21-25-20(26-31-21)17-7-3-2-4-8-17)28-13-11-27(12-14-28)15-19(29)24-22(30)23-18-9-5-6-10-18/h2-4,7-8,16,18H,5-6,9-15H2,1H3,(H2,23,24,29,30). The Morgan fingerprint density at radius 2 is 1.84 bits per heavy atom. The first-order valence-electron chi connectivity index (χ1n) is 11.0. The number of benzene rings is 1. The molecule has 1 aliphatic heterocycles. The predicted octanol–water partition coefficient (Wildman–Crippen LogP) is 2.18. The molecule has 9 nitrogen and oxygen atoms in total. The third kappa shape index (κ3) is 5.68. The summed E-state index contributed by atoms with van der Waals surface area (Å²) in [6.07, 6.45) is 4.26. The topological polar surface area (TPSA) is 104 Å². The molecule has 0 bridgehead atoms. The summed E-state index contributed by atoms with van der Waals surface area (Å²) < 4.78 is 5.50. The van der Waals surface area contributed by atoms with E-state index in [2.05, 4.69) is 37.5 Å². The zero-order valence-corrected chi connectivity index (χ0v) is 17.9. The fourth-order valence-electron chi connectivity index (χ4n) is 4.24. The van der Waals surface area contributed by atoms with Crippen molar-refractivity contribution < 1.29 is 14.1 Å². The molecule has 1 aromatic heterocycles. The van der Waals surface area contributed by atoms with Gasteiger partial charge in [0.15, 0.2) is 0 Å². The molecule has 0 spiro atoms. The Kier molecular flexibility index (Phi) is 6.93. The molecule has 1 saturated heterocycles. The largest absolute Gasteiger partial charge is 0.337 e. The van der Waals surface area contributed by atoms with Crippen LogP contribution in [0.5, 0.6) is 0 Å². The minimum atomic E-state index is -0.380. The van der Waals surface area contributed by atoms with Gasteiger partial charge in [-0.05, 0) is 19.8 Å². The first-order chi connectivity index (χ1) is 15.1. The van der Waals surface area contributed by atoms with Gasteiger partial charge in [-0.15, -0.1) is 0 Å². The molecule has 3 amide bonds. The number of hydrogen-bond acceptors (Lipinski definition) is 7. The van der Waals surface area contributed by atoms with Crippen molar-refractivity contribution in [2.75, 3.05) is 32.7 Å². The number of urea groups is 1. The van der Waals surface area contributed by atoms with Crippen molar-refractivity contribution in [1.82, 2.24) is 30.6 Å². The molecule has 2 heterocycles. The van der Waals surface area contributed by atoms with Crippen LogP contribution >= 0.6 is 0 Å². The number of hydrogen-bond donors (Lipinski definition) is 2. The summed E-state index contributed by atoms with van der Waals surface area (Å²) in [5.74, 6) is 0.920. The van der Waals surface area contributed by atoms with Crippen molar-refractivity contribution >= 4 is 11.9 Å². The molecule has 2 aliphatic rings. The van der Waals surface area contributed by atoms with Crippen LogP contribution in [0, 0.1) is 0 Å². The highest BCUT2D eigenvalue weighted by molar-refractivity contribution is 5.95. The van der Waals surface area contributed by atoms with Crippen molar-refractivity contribution in [1.29, 1.82) is 0 Å². The first kappa shape index (κ1) is 21.5. The van der Waals surface area contributed by atoms with Crippen LogP contribution in [0.15, 0.2) is 34.9 Å². The fourth-order valence-corrected chi connectivity index (χ4v) is 4.24. The summed E-state index contributed by atoms with van der Waals surface area (Å²) in [5.41, 5.74) is 0.928. The number of aromatic nitrogens is 2. The van der Waals surface area contributed by atoms with Crippen LogP contribution in [0.3, 0.4) is 0 Å². The van der Waals surface area contributed by atoms with Gasteiger partial charge in [0.1, 0.15) is 0 Å². The molecule has 1 aromatic carbocycles. The molecule has 1 atom stereocenters. The van der Waals surface area contributed by atoms with Gasteiger partial charge in [0.25, 0.3) is 0 Å². The van der Waals surface area contributed by atoms with Gasteiger partial charge < -0.3 is 9.84 Å². The van der Waals surface area contributed by atoms with Gasteiger partial charge in [-0.3, -0.25) is 19.9 Å². The maximum Gasteiger partial charge on any atom is 0.321 e.